The number of nitrogens with one attached hydrogen (secondary N) is 2. The standard InChI is InChI=1S/C15H21N3O3/c19-14(20)13-5-1-4-12(13)10-18-15(21)17-8-6-11-3-2-7-16-9-11/h2-3,7,9,12-13H,1,4-6,8,10H2,(H,19,20)(H2,17,18,21). The molecule has 2 amide bonds. The van der Waals surface area contributed by atoms with Crippen molar-refractivity contribution < 1.29 is 14.7 Å². The molecule has 1 heterocycles. The second-order valence-corrected chi connectivity index (χ2v) is 5.38. The number of aliphatic carboxylic acids is 1. The van der Waals surface area contributed by atoms with Gasteiger partial charge in [0, 0.05) is 25.5 Å². The lowest BCUT2D eigenvalue weighted by molar-refractivity contribution is -0.142. The lowest BCUT2D eigenvalue weighted by atomic mass is 9.96. The monoisotopic (exact) mass is 291 g/mol. The van der Waals surface area contributed by atoms with E-state index < -0.39 is 5.97 Å². The molecule has 2 unspecified atom stereocenters. The highest BCUT2D eigenvalue weighted by molar-refractivity contribution is 5.74. The van der Waals surface area contributed by atoms with Gasteiger partial charge in [-0.15, -0.1) is 0 Å². The van der Waals surface area contributed by atoms with Gasteiger partial charge in [-0.3, -0.25) is 9.78 Å². The summed E-state index contributed by atoms with van der Waals surface area (Å²) in [4.78, 5) is 26.7. The van der Waals surface area contributed by atoms with Crippen LogP contribution in [0.3, 0.4) is 0 Å². The summed E-state index contributed by atoms with van der Waals surface area (Å²) in [6.07, 6.45) is 6.71. The number of carbonyl (C=O) groups is 2. The molecular formula is C15H21N3O3. The molecular weight excluding hydrogens is 270 g/mol. The Balaban J connectivity index is 1.65. The maximum Gasteiger partial charge on any atom is 0.314 e. The third kappa shape index (κ3) is 4.73. The molecule has 6 nitrogen and oxygen atoms in total. The Morgan fingerprint density at radius 1 is 1.33 bits per heavy atom. The number of urea groups is 1. The third-order valence-electron chi connectivity index (χ3n) is 3.92. The van der Waals surface area contributed by atoms with E-state index in [-0.39, 0.29) is 17.9 Å². The van der Waals surface area contributed by atoms with E-state index in [1.807, 2.05) is 12.1 Å². The van der Waals surface area contributed by atoms with E-state index in [4.69, 9.17) is 5.11 Å². The molecule has 1 aromatic heterocycles. The van der Waals surface area contributed by atoms with Crippen LogP contribution in [0, 0.1) is 11.8 Å². The zero-order valence-corrected chi connectivity index (χ0v) is 11.9. The lowest BCUT2D eigenvalue weighted by Crippen LogP contribution is -2.40. The number of hydrogen-bond acceptors (Lipinski definition) is 3. The summed E-state index contributed by atoms with van der Waals surface area (Å²) in [7, 11) is 0. The Kier molecular flexibility index (Phi) is 5.54. The molecule has 2 atom stereocenters. The molecule has 0 saturated heterocycles. The van der Waals surface area contributed by atoms with Crippen molar-refractivity contribution in [2.24, 2.45) is 11.8 Å². The minimum absolute atomic E-state index is 0.0478. The van der Waals surface area contributed by atoms with Crippen molar-refractivity contribution in [1.29, 1.82) is 0 Å². The first-order valence-corrected chi connectivity index (χ1v) is 7.30. The number of aromatic nitrogens is 1. The van der Waals surface area contributed by atoms with Gasteiger partial charge >= 0.3 is 12.0 Å². The summed E-state index contributed by atoms with van der Waals surface area (Å²) in [6.45, 7) is 0.959. The van der Waals surface area contributed by atoms with Crippen LogP contribution >= 0.6 is 0 Å². The van der Waals surface area contributed by atoms with E-state index in [0.29, 0.717) is 19.5 Å². The van der Waals surface area contributed by atoms with Crippen LogP contribution in [-0.2, 0) is 11.2 Å². The summed E-state index contributed by atoms with van der Waals surface area (Å²) in [5.41, 5.74) is 1.07. The van der Waals surface area contributed by atoms with Gasteiger partial charge in [0.15, 0.2) is 0 Å². The van der Waals surface area contributed by atoms with Gasteiger partial charge in [-0.05, 0) is 36.8 Å². The number of amides is 2. The number of hydrogen-bond donors (Lipinski definition) is 3. The van der Waals surface area contributed by atoms with Crippen LogP contribution < -0.4 is 10.6 Å². The molecule has 0 aromatic carbocycles. The fraction of sp³-hybridized carbons (Fsp3) is 0.533. The van der Waals surface area contributed by atoms with Gasteiger partial charge < -0.3 is 15.7 Å². The quantitative estimate of drug-likeness (QED) is 0.739. The van der Waals surface area contributed by atoms with Gasteiger partial charge in [-0.2, -0.15) is 0 Å². The van der Waals surface area contributed by atoms with E-state index in [9.17, 15) is 9.59 Å². The molecule has 0 spiro atoms. The van der Waals surface area contributed by atoms with E-state index in [2.05, 4.69) is 15.6 Å². The van der Waals surface area contributed by atoms with E-state index in [0.717, 1.165) is 24.8 Å². The van der Waals surface area contributed by atoms with Crippen molar-refractivity contribution in [3.8, 4) is 0 Å². The Hall–Kier alpha value is -2.11. The molecule has 0 radical (unpaired) electrons. The molecule has 0 aliphatic heterocycles. The van der Waals surface area contributed by atoms with Crippen molar-refractivity contribution in [3.05, 3.63) is 30.1 Å². The summed E-state index contributed by atoms with van der Waals surface area (Å²) < 4.78 is 0. The Labute approximate surface area is 124 Å². The second kappa shape index (κ2) is 7.61. The SMILES string of the molecule is O=C(NCCc1cccnc1)NCC1CCCC1C(=O)O. The highest BCUT2D eigenvalue weighted by Gasteiger charge is 2.32. The number of carboxylic acid groups (broad SMARTS) is 1. The van der Waals surface area contributed by atoms with Crippen molar-refractivity contribution in [2.45, 2.75) is 25.7 Å². The largest absolute Gasteiger partial charge is 0.481 e. The zero-order valence-electron chi connectivity index (χ0n) is 11.9. The normalized spacial score (nSPS) is 21.0. The molecule has 114 valence electrons. The van der Waals surface area contributed by atoms with Crippen LogP contribution in [0.1, 0.15) is 24.8 Å². The first kappa shape index (κ1) is 15.3. The molecule has 1 aliphatic rings. The molecule has 0 bridgehead atoms. The molecule has 2 rings (SSSR count). The minimum Gasteiger partial charge on any atom is -0.481 e. The molecule has 1 aliphatic carbocycles. The zero-order chi connectivity index (χ0) is 15.1. The van der Waals surface area contributed by atoms with E-state index in [1.54, 1.807) is 12.4 Å². The number of pyridine rings is 1. The van der Waals surface area contributed by atoms with Crippen molar-refractivity contribution in [1.82, 2.24) is 15.6 Å². The maximum absolute atomic E-state index is 11.7. The Morgan fingerprint density at radius 2 is 2.19 bits per heavy atom. The van der Waals surface area contributed by atoms with E-state index >= 15 is 0 Å². The first-order chi connectivity index (χ1) is 10.2. The van der Waals surface area contributed by atoms with Crippen LogP contribution in [0.5, 0.6) is 0 Å². The van der Waals surface area contributed by atoms with Gasteiger partial charge in [0.1, 0.15) is 0 Å². The van der Waals surface area contributed by atoms with Gasteiger partial charge in [0.2, 0.25) is 0 Å². The van der Waals surface area contributed by atoms with Gasteiger partial charge in [-0.1, -0.05) is 12.5 Å². The summed E-state index contributed by atoms with van der Waals surface area (Å²) >= 11 is 0. The highest BCUT2D eigenvalue weighted by Crippen LogP contribution is 2.31. The molecule has 6 heteroatoms. The van der Waals surface area contributed by atoms with Crippen LogP contribution in [-0.4, -0.2) is 35.2 Å². The van der Waals surface area contributed by atoms with Gasteiger partial charge in [-0.25, -0.2) is 4.79 Å². The van der Waals surface area contributed by atoms with Crippen LogP contribution in [0.15, 0.2) is 24.5 Å². The average Bonchev–Trinajstić information content (AvgIpc) is 2.95. The molecule has 1 saturated carbocycles. The highest BCUT2D eigenvalue weighted by atomic mass is 16.4. The van der Waals surface area contributed by atoms with Gasteiger partial charge in [0.05, 0.1) is 5.92 Å². The summed E-state index contributed by atoms with van der Waals surface area (Å²) in [5, 5.41) is 14.6. The molecule has 3 N–H and O–H groups in total. The Bertz CT molecular complexity index is 478. The number of carboxylic acids is 1. The molecule has 1 fully saturated rings. The van der Waals surface area contributed by atoms with Gasteiger partial charge in [0.25, 0.3) is 0 Å². The Morgan fingerprint density at radius 3 is 2.90 bits per heavy atom. The smallest absolute Gasteiger partial charge is 0.314 e. The maximum atomic E-state index is 11.7. The van der Waals surface area contributed by atoms with Crippen LogP contribution in [0.25, 0.3) is 0 Å². The summed E-state index contributed by atoms with van der Waals surface area (Å²) in [5.74, 6) is -1.02. The number of carbonyl (C=O) groups excluding carboxylic acids is 1. The van der Waals surface area contributed by atoms with E-state index in [1.165, 1.54) is 0 Å². The first-order valence-electron chi connectivity index (χ1n) is 7.30. The number of rotatable bonds is 6. The second-order valence-electron chi connectivity index (χ2n) is 5.38. The number of nitrogens with zero attached hydrogens (tertiary/aromatic N) is 1. The average molecular weight is 291 g/mol. The minimum atomic E-state index is -0.753. The fourth-order valence-electron chi connectivity index (χ4n) is 2.76. The van der Waals surface area contributed by atoms with Crippen LogP contribution in [0.4, 0.5) is 4.79 Å². The molecule has 1 aromatic rings. The fourth-order valence-corrected chi connectivity index (χ4v) is 2.76. The molecule has 21 heavy (non-hydrogen) atoms. The van der Waals surface area contributed by atoms with Crippen molar-refractivity contribution in [2.75, 3.05) is 13.1 Å². The van der Waals surface area contributed by atoms with Crippen molar-refractivity contribution in [3.63, 3.8) is 0 Å². The lowest BCUT2D eigenvalue weighted by Gasteiger charge is -2.16. The topological polar surface area (TPSA) is 91.3 Å². The van der Waals surface area contributed by atoms with Crippen molar-refractivity contribution >= 4 is 12.0 Å². The predicted octanol–water partition coefficient (Wildman–Crippen LogP) is 1.42. The third-order valence-corrected chi connectivity index (χ3v) is 3.92. The van der Waals surface area contributed by atoms with Crippen LogP contribution in [0.2, 0.25) is 0 Å². The summed E-state index contributed by atoms with van der Waals surface area (Å²) in [6, 6.07) is 3.58. The predicted molar refractivity (Wildman–Crippen MR) is 77.8 cm³/mol.